The lowest BCUT2D eigenvalue weighted by molar-refractivity contribution is -0.147. The van der Waals surface area contributed by atoms with Crippen LogP contribution in [0.25, 0.3) is 0 Å². The molecule has 0 amide bonds. The summed E-state index contributed by atoms with van der Waals surface area (Å²) in [6.07, 6.45) is 1.74. The molecule has 0 spiro atoms. The van der Waals surface area contributed by atoms with Gasteiger partial charge in [-0.3, -0.25) is 4.79 Å². The minimum absolute atomic E-state index is 0.0404. The molecular formula is C20H26Cl2O2. The monoisotopic (exact) mass is 368 g/mol. The molecule has 0 N–H and O–H groups in total. The maximum absolute atomic E-state index is 12.5. The average molecular weight is 369 g/mol. The van der Waals surface area contributed by atoms with E-state index in [9.17, 15) is 4.79 Å². The van der Waals surface area contributed by atoms with E-state index in [1.165, 1.54) is 27.8 Å². The van der Waals surface area contributed by atoms with Gasteiger partial charge in [0.15, 0.2) is 0 Å². The number of esters is 1. The number of allylic oxidation sites excluding steroid dienone is 1. The van der Waals surface area contributed by atoms with Crippen LogP contribution in [0.4, 0.5) is 0 Å². The number of ether oxygens (including phenoxy) is 1. The first-order chi connectivity index (χ1) is 11.0. The minimum atomic E-state index is -0.182. The Hall–Kier alpha value is -0.990. The van der Waals surface area contributed by atoms with Gasteiger partial charge in [0.2, 0.25) is 0 Å². The second-order valence-electron chi connectivity index (χ2n) is 7.49. The Labute approximate surface area is 155 Å². The van der Waals surface area contributed by atoms with Crippen molar-refractivity contribution in [3.63, 3.8) is 0 Å². The van der Waals surface area contributed by atoms with Crippen molar-refractivity contribution in [2.75, 3.05) is 0 Å². The predicted molar refractivity (Wildman–Crippen MR) is 100 cm³/mol. The summed E-state index contributed by atoms with van der Waals surface area (Å²) in [6, 6.07) is 0. The standard InChI is InChI=1S/C20H26Cl2O2/c1-10-11(2)13(4)15(14(5)12(10)3)9-24-19(23)18-16(8-17(21)22)20(18,6)7/h8,16,18H,9H2,1-7H3/t16-,18+/m1/s1. The third kappa shape index (κ3) is 3.36. The molecule has 0 aliphatic heterocycles. The number of hydrogen-bond acceptors (Lipinski definition) is 2. The van der Waals surface area contributed by atoms with E-state index in [1.807, 2.05) is 13.8 Å². The first-order valence-electron chi connectivity index (χ1n) is 8.25. The number of hydrogen-bond donors (Lipinski definition) is 0. The summed E-state index contributed by atoms with van der Waals surface area (Å²) < 4.78 is 5.86. The van der Waals surface area contributed by atoms with E-state index in [0.717, 1.165) is 5.56 Å². The first-order valence-corrected chi connectivity index (χ1v) is 9.01. The van der Waals surface area contributed by atoms with Crippen molar-refractivity contribution in [3.8, 4) is 0 Å². The molecule has 1 fully saturated rings. The third-order valence-corrected chi connectivity index (χ3v) is 6.24. The molecule has 0 radical (unpaired) electrons. The van der Waals surface area contributed by atoms with Crippen LogP contribution in [-0.2, 0) is 16.1 Å². The highest BCUT2D eigenvalue weighted by Crippen LogP contribution is 2.60. The van der Waals surface area contributed by atoms with Gasteiger partial charge in [0, 0.05) is 0 Å². The molecule has 0 saturated heterocycles. The van der Waals surface area contributed by atoms with Gasteiger partial charge < -0.3 is 4.74 Å². The van der Waals surface area contributed by atoms with Gasteiger partial charge in [0.05, 0.1) is 5.92 Å². The fourth-order valence-electron chi connectivity index (χ4n) is 3.60. The molecule has 4 heteroatoms. The van der Waals surface area contributed by atoms with Crippen molar-refractivity contribution < 1.29 is 9.53 Å². The number of carbonyl (C=O) groups excluding carboxylic acids is 1. The van der Waals surface area contributed by atoms with Gasteiger partial charge in [-0.25, -0.2) is 0 Å². The molecule has 1 saturated carbocycles. The van der Waals surface area contributed by atoms with E-state index in [-0.39, 0.29) is 27.7 Å². The fraction of sp³-hybridized carbons (Fsp3) is 0.550. The Morgan fingerprint density at radius 1 is 1.00 bits per heavy atom. The Morgan fingerprint density at radius 3 is 1.92 bits per heavy atom. The zero-order chi connectivity index (χ0) is 18.4. The fourth-order valence-corrected chi connectivity index (χ4v) is 3.87. The second kappa shape index (κ2) is 6.72. The molecule has 1 aliphatic rings. The van der Waals surface area contributed by atoms with Crippen LogP contribution in [0.2, 0.25) is 0 Å². The van der Waals surface area contributed by atoms with E-state index in [2.05, 4.69) is 34.6 Å². The van der Waals surface area contributed by atoms with Crippen LogP contribution in [0.1, 0.15) is 47.2 Å². The van der Waals surface area contributed by atoms with Crippen molar-refractivity contribution in [2.45, 2.75) is 55.1 Å². The van der Waals surface area contributed by atoms with Crippen LogP contribution in [-0.4, -0.2) is 5.97 Å². The van der Waals surface area contributed by atoms with Crippen LogP contribution in [0, 0.1) is 51.9 Å². The lowest BCUT2D eigenvalue weighted by Crippen LogP contribution is -2.13. The molecule has 0 bridgehead atoms. The van der Waals surface area contributed by atoms with Crippen molar-refractivity contribution in [3.05, 3.63) is 43.9 Å². The molecule has 132 valence electrons. The topological polar surface area (TPSA) is 26.3 Å². The molecule has 2 rings (SSSR count). The number of carbonyl (C=O) groups is 1. The van der Waals surface area contributed by atoms with E-state index in [4.69, 9.17) is 27.9 Å². The summed E-state index contributed by atoms with van der Waals surface area (Å²) in [5, 5.41) is 0. The molecule has 0 aromatic heterocycles. The molecular weight excluding hydrogens is 343 g/mol. The van der Waals surface area contributed by atoms with Gasteiger partial charge >= 0.3 is 5.97 Å². The Bertz CT molecular complexity index is 684. The quantitative estimate of drug-likeness (QED) is 0.621. The molecule has 0 unspecified atom stereocenters. The van der Waals surface area contributed by atoms with Gasteiger partial charge in [-0.05, 0) is 85.4 Å². The summed E-state index contributed by atoms with van der Waals surface area (Å²) in [7, 11) is 0. The number of benzene rings is 1. The van der Waals surface area contributed by atoms with Crippen molar-refractivity contribution >= 4 is 29.2 Å². The van der Waals surface area contributed by atoms with Crippen LogP contribution >= 0.6 is 23.2 Å². The molecule has 1 aliphatic carbocycles. The summed E-state index contributed by atoms with van der Waals surface area (Å²) in [5.74, 6) is -0.317. The average Bonchev–Trinajstić information content (AvgIpc) is 3.02. The SMILES string of the molecule is Cc1c(C)c(C)c(COC(=O)[C@@H]2[C@@H](C=C(Cl)Cl)C2(C)C)c(C)c1C. The lowest BCUT2D eigenvalue weighted by atomic mass is 9.90. The summed E-state index contributed by atoms with van der Waals surface area (Å²) >= 11 is 11.5. The van der Waals surface area contributed by atoms with Crippen LogP contribution < -0.4 is 0 Å². The zero-order valence-electron chi connectivity index (χ0n) is 15.5. The van der Waals surface area contributed by atoms with E-state index in [1.54, 1.807) is 6.08 Å². The first kappa shape index (κ1) is 19.3. The highest BCUT2D eigenvalue weighted by atomic mass is 35.5. The molecule has 0 heterocycles. The normalized spacial score (nSPS) is 21.4. The van der Waals surface area contributed by atoms with Gasteiger partial charge in [-0.15, -0.1) is 0 Å². The summed E-state index contributed by atoms with van der Waals surface area (Å²) in [5.41, 5.74) is 7.22. The summed E-state index contributed by atoms with van der Waals surface area (Å²) in [6.45, 7) is 15.0. The Kier molecular flexibility index (Phi) is 5.42. The molecule has 1 aromatic carbocycles. The molecule has 2 atom stereocenters. The smallest absolute Gasteiger partial charge is 0.310 e. The zero-order valence-corrected chi connectivity index (χ0v) is 17.0. The molecule has 2 nitrogen and oxygen atoms in total. The van der Waals surface area contributed by atoms with Gasteiger partial charge in [-0.1, -0.05) is 37.0 Å². The second-order valence-corrected chi connectivity index (χ2v) is 8.50. The van der Waals surface area contributed by atoms with Crippen molar-refractivity contribution in [2.24, 2.45) is 17.3 Å². The van der Waals surface area contributed by atoms with E-state index >= 15 is 0 Å². The predicted octanol–water partition coefficient (Wildman–Crippen LogP) is 5.86. The van der Waals surface area contributed by atoms with E-state index < -0.39 is 0 Å². The number of rotatable bonds is 4. The van der Waals surface area contributed by atoms with Crippen LogP contribution in [0.15, 0.2) is 10.6 Å². The highest BCUT2D eigenvalue weighted by Gasteiger charge is 2.61. The maximum atomic E-state index is 12.5. The Morgan fingerprint density at radius 2 is 1.46 bits per heavy atom. The lowest BCUT2D eigenvalue weighted by Gasteiger charge is -2.18. The van der Waals surface area contributed by atoms with Gasteiger partial charge in [0.1, 0.15) is 11.1 Å². The van der Waals surface area contributed by atoms with Crippen LogP contribution in [0.3, 0.4) is 0 Å². The maximum Gasteiger partial charge on any atom is 0.310 e. The summed E-state index contributed by atoms with van der Waals surface area (Å²) in [4.78, 5) is 12.5. The van der Waals surface area contributed by atoms with Crippen LogP contribution in [0.5, 0.6) is 0 Å². The minimum Gasteiger partial charge on any atom is -0.461 e. The Balaban J connectivity index is 2.16. The van der Waals surface area contributed by atoms with Gasteiger partial charge in [-0.2, -0.15) is 0 Å². The largest absolute Gasteiger partial charge is 0.461 e. The van der Waals surface area contributed by atoms with Gasteiger partial charge in [0.25, 0.3) is 0 Å². The van der Waals surface area contributed by atoms with E-state index in [0.29, 0.717) is 6.61 Å². The van der Waals surface area contributed by atoms with Crippen molar-refractivity contribution in [1.29, 1.82) is 0 Å². The number of halogens is 2. The molecule has 1 aromatic rings. The van der Waals surface area contributed by atoms with Crippen molar-refractivity contribution in [1.82, 2.24) is 0 Å². The third-order valence-electron chi connectivity index (χ3n) is 5.98. The highest BCUT2D eigenvalue weighted by molar-refractivity contribution is 6.55. The molecule has 24 heavy (non-hydrogen) atoms.